The average molecular weight is 367 g/mol. The van der Waals surface area contributed by atoms with Crippen LogP contribution in [0.25, 0.3) is 16.5 Å². The molecular formula is C20H21N3O4. The van der Waals surface area contributed by atoms with Gasteiger partial charge in [0.05, 0.1) is 12.5 Å². The summed E-state index contributed by atoms with van der Waals surface area (Å²) in [6, 6.07) is 14.0. The Kier molecular flexibility index (Phi) is 5.83. The highest BCUT2D eigenvalue weighted by atomic mass is 16.5. The molecule has 1 aromatic heterocycles. The zero-order chi connectivity index (χ0) is 19.2. The molecule has 0 atom stereocenters. The molecule has 0 aliphatic carbocycles. The SMILES string of the molecule is COCCCNC(=O)c1nn(-c2ccccc2OC)c(=O)c2ccccc12. The summed E-state index contributed by atoms with van der Waals surface area (Å²) < 4.78 is 11.5. The minimum absolute atomic E-state index is 0.188. The Balaban J connectivity index is 2.12. The van der Waals surface area contributed by atoms with E-state index < -0.39 is 0 Å². The first kappa shape index (κ1) is 18.6. The first-order chi connectivity index (χ1) is 13.2. The molecule has 0 unspecified atom stereocenters. The number of hydrogen-bond acceptors (Lipinski definition) is 5. The van der Waals surface area contributed by atoms with E-state index in [1.807, 2.05) is 0 Å². The van der Waals surface area contributed by atoms with E-state index >= 15 is 0 Å². The van der Waals surface area contributed by atoms with Crippen molar-refractivity contribution in [2.45, 2.75) is 6.42 Å². The summed E-state index contributed by atoms with van der Waals surface area (Å²) in [4.78, 5) is 25.7. The van der Waals surface area contributed by atoms with Gasteiger partial charge in [0.2, 0.25) is 0 Å². The highest BCUT2D eigenvalue weighted by Crippen LogP contribution is 2.22. The van der Waals surface area contributed by atoms with E-state index in [0.29, 0.717) is 41.8 Å². The number of fused-ring (bicyclic) bond motifs is 1. The Hall–Kier alpha value is -3.19. The molecular weight excluding hydrogens is 346 g/mol. The van der Waals surface area contributed by atoms with Gasteiger partial charge < -0.3 is 14.8 Å². The fourth-order valence-electron chi connectivity index (χ4n) is 2.83. The Labute approximate surface area is 156 Å². The maximum absolute atomic E-state index is 13.0. The third kappa shape index (κ3) is 3.83. The van der Waals surface area contributed by atoms with Gasteiger partial charge in [-0.1, -0.05) is 30.3 Å². The zero-order valence-corrected chi connectivity index (χ0v) is 15.3. The van der Waals surface area contributed by atoms with Gasteiger partial charge in [-0.3, -0.25) is 9.59 Å². The second-order valence-electron chi connectivity index (χ2n) is 5.89. The molecule has 0 saturated heterocycles. The maximum atomic E-state index is 13.0. The van der Waals surface area contributed by atoms with Gasteiger partial charge in [-0.2, -0.15) is 9.78 Å². The van der Waals surface area contributed by atoms with Crippen molar-refractivity contribution in [2.75, 3.05) is 27.4 Å². The molecule has 1 amide bonds. The third-order valence-corrected chi connectivity index (χ3v) is 4.14. The van der Waals surface area contributed by atoms with Gasteiger partial charge in [-0.25, -0.2) is 0 Å². The Bertz CT molecular complexity index is 1010. The number of para-hydroxylation sites is 2. The second kappa shape index (κ2) is 8.46. The van der Waals surface area contributed by atoms with Crippen molar-refractivity contribution >= 4 is 16.7 Å². The lowest BCUT2D eigenvalue weighted by atomic mass is 10.1. The van der Waals surface area contributed by atoms with Crippen LogP contribution in [0.1, 0.15) is 16.9 Å². The molecule has 7 nitrogen and oxygen atoms in total. The van der Waals surface area contributed by atoms with E-state index in [1.165, 1.54) is 11.8 Å². The summed E-state index contributed by atoms with van der Waals surface area (Å²) in [5.74, 6) is 0.153. The molecule has 0 bridgehead atoms. The fraction of sp³-hybridized carbons (Fsp3) is 0.250. The summed E-state index contributed by atoms with van der Waals surface area (Å²) in [7, 11) is 3.13. The first-order valence-corrected chi connectivity index (χ1v) is 8.60. The molecule has 0 saturated carbocycles. The van der Waals surface area contributed by atoms with Gasteiger partial charge in [0, 0.05) is 25.6 Å². The molecule has 0 spiro atoms. The lowest BCUT2D eigenvalue weighted by Crippen LogP contribution is -2.31. The highest BCUT2D eigenvalue weighted by Gasteiger charge is 2.18. The number of nitrogens with zero attached hydrogens (tertiary/aromatic N) is 2. The van der Waals surface area contributed by atoms with Crippen LogP contribution in [0.2, 0.25) is 0 Å². The fourth-order valence-corrected chi connectivity index (χ4v) is 2.83. The molecule has 0 aliphatic heterocycles. The molecule has 27 heavy (non-hydrogen) atoms. The van der Waals surface area contributed by atoms with Gasteiger partial charge in [0.15, 0.2) is 5.69 Å². The summed E-state index contributed by atoms with van der Waals surface area (Å²) in [5.41, 5.74) is 0.351. The number of aromatic nitrogens is 2. The topological polar surface area (TPSA) is 82.4 Å². The van der Waals surface area contributed by atoms with Crippen molar-refractivity contribution in [1.82, 2.24) is 15.1 Å². The quantitative estimate of drug-likeness (QED) is 0.647. The second-order valence-corrected chi connectivity index (χ2v) is 5.89. The molecule has 1 heterocycles. The molecule has 3 aromatic rings. The largest absolute Gasteiger partial charge is 0.494 e. The van der Waals surface area contributed by atoms with Crippen LogP contribution >= 0.6 is 0 Å². The van der Waals surface area contributed by atoms with E-state index in [4.69, 9.17) is 9.47 Å². The van der Waals surface area contributed by atoms with Crippen LogP contribution in [0, 0.1) is 0 Å². The van der Waals surface area contributed by atoms with E-state index in [0.717, 1.165) is 0 Å². The molecule has 1 N–H and O–H groups in total. The van der Waals surface area contributed by atoms with Crippen LogP contribution in [0.4, 0.5) is 0 Å². The van der Waals surface area contributed by atoms with Crippen molar-refractivity contribution in [3.63, 3.8) is 0 Å². The molecule has 0 aliphatic rings. The third-order valence-electron chi connectivity index (χ3n) is 4.14. The van der Waals surface area contributed by atoms with E-state index in [2.05, 4.69) is 10.4 Å². The van der Waals surface area contributed by atoms with Crippen molar-refractivity contribution < 1.29 is 14.3 Å². The Morgan fingerprint density at radius 1 is 1.07 bits per heavy atom. The summed E-state index contributed by atoms with van der Waals surface area (Å²) >= 11 is 0. The van der Waals surface area contributed by atoms with Crippen molar-refractivity contribution in [3.8, 4) is 11.4 Å². The van der Waals surface area contributed by atoms with Gasteiger partial charge in [-0.05, 0) is 24.6 Å². The van der Waals surface area contributed by atoms with Crippen molar-refractivity contribution in [1.29, 1.82) is 0 Å². The lowest BCUT2D eigenvalue weighted by Gasteiger charge is -2.13. The van der Waals surface area contributed by atoms with E-state index in [1.54, 1.807) is 55.6 Å². The van der Waals surface area contributed by atoms with Gasteiger partial charge in [0.25, 0.3) is 11.5 Å². The molecule has 2 aromatic carbocycles. The average Bonchev–Trinajstić information content (AvgIpc) is 2.71. The number of methoxy groups -OCH3 is 2. The van der Waals surface area contributed by atoms with Crippen LogP contribution in [0.3, 0.4) is 0 Å². The highest BCUT2D eigenvalue weighted by molar-refractivity contribution is 6.04. The number of carbonyl (C=O) groups excluding carboxylic acids is 1. The standard InChI is InChI=1S/C20H21N3O4/c1-26-13-7-12-21-19(24)18-14-8-3-4-9-15(14)20(25)23(22-18)16-10-5-6-11-17(16)27-2/h3-6,8-11H,7,12-13H2,1-2H3,(H,21,24). The molecule has 140 valence electrons. The predicted octanol–water partition coefficient (Wildman–Crippen LogP) is 2.16. The number of amides is 1. The van der Waals surface area contributed by atoms with Gasteiger partial charge >= 0.3 is 0 Å². The summed E-state index contributed by atoms with van der Waals surface area (Å²) in [6.07, 6.45) is 0.687. The summed E-state index contributed by atoms with van der Waals surface area (Å²) in [5, 5.41) is 8.11. The van der Waals surface area contributed by atoms with Crippen molar-refractivity contribution in [3.05, 3.63) is 64.6 Å². The molecule has 0 radical (unpaired) electrons. The first-order valence-electron chi connectivity index (χ1n) is 8.60. The van der Waals surface area contributed by atoms with Crippen molar-refractivity contribution in [2.24, 2.45) is 0 Å². The van der Waals surface area contributed by atoms with Crippen LogP contribution < -0.4 is 15.6 Å². The Morgan fingerprint density at radius 2 is 1.78 bits per heavy atom. The molecule has 0 fully saturated rings. The number of nitrogens with one attached hydrogen (secondary N) is 1. The maximum Gasteiger partial charge on any atom is 0.279 e. The van der Waals surface area contributed by atoms with Crippen LogP contribution in [0.5, 0.6) is 5.75 Å². The molecule has 3 rings (SSSR count). The van der Waals surface area contributed by atoms with Crippen LogP contribution in [-0.4, -0.2) is 43.1 Å². The van der Waals surface area contributed by atoms with Gasteiger partial charge in [0.1, 0.15) is 11.4 Å². The molecule has 7 heteroatoms. The number of carbonyl (C=O) groups is 1. The van der Waals surface area contributed by atoms with Crippen LogP contribution in [-0.2, 0) is 4.74 Å². The minimum Gasteiger partial charge on any atom is -0.494 e. The van der Waals surface area contributed by atoms with E-state index in [9.17, 15) is 9.59 Å². The van der Waals surface area contributed by atoms with E-state index in [-0.39, 0.29) is 17.2 Å². The minimum atomic E-state index is -0.342. The lowest BCUT2D eigenvalue weighted by molar-refractivity contribution is 0.0944. The summed E-state index contributed by atoms with van der Waals surface area (Å²) in [6.45, 7) is 1.01. The van der Waals surface area contributed by atoms with Crippen LogP contribution in [0.15, 0.2) is 53.3 Å². The zero-order valence-electron chi connectivity index (χ0n) is 15.3. The number of rotatable bonds is 7. The number of hydrogen-bond donors (Lipinski definition) is 1. The monoisotopic (exact) mass is 367 g/mol. The normalized spacial score (nSPS) is 10.7. The number of ether oxygens (including phenoxy) is 2. The Morgan fingerprint density at radius 3 is 2.52 bits per heavy atom. The predicted molar refractivity (Wildman–Crippen MR) is 103 cm³/mol. The number of benzene rings is 2. The van der Waals surface area contributed by atoms with Gasteiger partial charge in [-0.15, -0.1) is 0 Å². The smallest absolute Gasteiger partial charge is 0.279 e.